The molecule has 1 aliphatic heterocycles. The van der Waals surface area contributed by atoms with Crippen LogP contribution in [0.25, 0.3) is 0 Å². The maximum absolute atomic E-state index is 12.8. The smallest absolute Gasteiger partial charge is 0.331 e. The Balaban J connectivity index is 2.78. The lowest BCUT2D eigenvalue weighted by molar-refractivity contribution is -0.191. The number of halogens is 3. The molecule has 1 amide bonds. The topological polar surface area (TPSA) is 46.3 Å². The van der Waals surface area contributed by atoms with Crippen molar-refractivity contribution < 1.29 is 18.0 Å². The summed E-state index contributed by atoms with van der Waals surface area (Å²) in [4.78, 5) is 12.7. The molecule has 1 rings (SSSR count). The number of carbonyl (C=O) groups excluding carboxylic acids is 1. The first kappa shape index (κ1) is 14.3. The van der Waals surface area contributed by atoms with E-state index < -0.39 is 12.2 Å². The Morgan fingerprint density at radius 2 is 1.88 bits per heavy atom. The van der Waals surface area contributed by atoms with Gasteiger partial charge in [-0.25, -0.2) is 0 Å². The first-order valence-electron chi connectivity index (χ1n) is 6.03. The van der Waals surface area contributed by atoms with Crippen LogP contribution in [0.1, 0.15) is 38.5 Å². The Bertz CT molecular complexity index is 256. The van der Waals surface area contributed by atoms with Gasteiger partial charge in [0.05, 0.1) is 0 Å². The average molecular weight is 252 g/mol. The molecule has 2 N–H and O–H groups in total. The van der Waals surface area contributed by atoms with E-state index in [-0.39, 0.29) is 31.8 Å². The zero-order valence-electron chi connectivity index (χ0n) is 9.80. The molecular weight excluding hydrogens is 233 g/mol. The van der Waals surface area contributed by atoms with Crippen molar-refractivity contribution in [1.29, 1.82) is 0 Å². The molecule has 100 valence electrons. The predicted octanol–water partition coefficient (Wildman–Crippen LogP) is 2.06. The second-order valence-corrected chi connectivity index (χ2v) is 4.39. The number of hydrogen-bond acceptors (Lipinski definition) is 2. The molecule has 1 atom stereocenters. The molecule has 1 aliphatic rings. The second-order valence-electron chi connectivity index (χ2n) is 4.39. The molecule has 0 radical (unpaired) electrons. The molecule has 1 heterocycles. The summed E-state index contributed by atoms with van der Waals surface area (Å²) >= 11 is 0. The van der Waals surface area contributed by atoms with Gasteiger partial charge in [0.15, 0.2) is 0 Å². The standard InChI is InChI=1S/C11H19F3N2O/c12-11(13,14)9(6-7-15)16-8-4-2-1-3-5-10(16)17/h9H,1-8,15H2. The third-order valence-corrected chi connectivity index (χ3v) is 3.05. The third-order valence-electron chi connectivity index (χ3n) is 3.05. The van der Waals surface area contributed by atoms with E-state index in [1.54, 1.807) is 0 Å². The number of rotatable bonds is 3. The van der Waals surface area contributed by atoms with Crippen LogP contribution in [0.2, 0.25) is 0 Å². The Kier molecular flexibility index (Phi) is 5.24. The van der Waals surface area contributed by atoms with E-state index in [4.69, 9.17) is 5.73 Å². The van der Waals surface area contributed by atoms with Crippen LogP contribution < -0.4 is 5.73 Å². The van der Waals surface area contributed by atoms with Gasteiger partial charge >= 0.3 is 6.18 Å². The summed E-state index contributed by atoms with van der Waals surface area (Å²) in [7, 11) is 0. The molecule has 0 saturated carbocycles. The fourth-order valence-corrected chi connectivity index (χ4v) is 2.16. The summed E-state index contributed by atoms with van der Waals surface area (Å²) in [6.07, 6.45) is -1.24. The van der Waals surface area contributed by atoms with E-state index in [1.165, 1.54) is 0 Å². The van der Waals surface area contributed by atoms with Gasteiger partial charge in [-0.2, -0.15) is 13.2 Å². The number of nitrogens with two attached hydrogens (primary N) is 1. The minimum Gasteiger partial charge on any atom is -0.331 e. The van der Waals surface area contributed by atoms with Gasteiger partial charge in [-0.05, 0) is 25.8 Å². The first-order chi connectivity index (χ1) is 7.96. The molecule has 1 fully saturated rings. The highest BCUT2D eigenvalue weighted by molar-refractivity contribution is 5.76. The van der Waals surface area contributed by atoms with E-state index in [9.17, 15) is 18.0 Å². The van der Waals surface area contributed by atoms with Crippen molar-refractivity contribution in [1.82, 2.24) is 4.90 Å². The normalized spacial score (nSPS) is 20.9. The van der Waals surface area contributed by atoms with Crippen LogP contribution in [-0.2, 0) is 4.79 Å². The molecule has 0 aliphatic carbocycles. The fraction of sp³-hybridized carbons (Fsp3) is 0.909. The van der Waals surface area contributed by atoms with E-state index in [2.05, 4.69) is 0 Å². The van der Waals surface area contributed by atoms with Gasteiger partial charge in [-0.3, -0.25) is 4.79 Å². The van der Waals surface area contributed by atoms with Crippen LogP contribution in [0.4, 0.5) is 13.2 Å². The molecule has 17 heavy (non-hydrogen) atoms. The van der Waals surface area contributed by atoms with E-state index in [0.29, 0.717) is 12.8 Å². The summed E-state index contributed by atoms with van der Waals surface area (Å²) in [5.41, 5.74) is 5.21. The Morgan fingerprint density at radius 1 is 1.24 bits per heavy atom. The lowest BCUT2D eigenvalue weighted by atomic mass is 10.0. The van der Waals surface area contributed by atoms with Crippen molar-refractivity contribution in [2.75, 3.05) is 13.1 Å². The Labute approximate surface area is 99.1 Å². The van der Waals surface area contributed by atoms with Crippen molar-refractivity contribution in [3.8, 4) is 0 Å². The number of amides is 1. The van der Waals surface area contributed by atoms with Crippen molar-refractivity contribution in [2.45, 2.75) is 50.7 Å². The van der Waals surface area contributed by atoms with Gasteiger partial charge in [-0.15, -0.1) is 0 Å². The summed E-state index contributed by atoms with van der Waals surface area (Å²) in [6, 6.07) is -1.71. The number of nitrogens with zero attached hydrogens (tertiary/aromatic N) is 1. The van der Waals surface area contributed by atoms with Gasteiger partial charge in [0, 0.05) is 13.0 Å². The third kappa shape index (κ3) is 4.18. The van der Waals surface area contributed by atoms with Crippen molar-refractivity contribution >= 4 is 5.91 Å². The first-order valence-corrected chi connectivity index (χ1v) is 6.03. The lowest BCUT2D eigenvalue weighted by Crippen LogP contribution is -2.50. The second kappa shape index (κ2) is 6.23. The minimum atomic E-state index is -4.38. The monoisotopic (exact) mass is 252 g/mol. The van der Waals surface area contributed by atoms with Gasteiger partial charge in [0.1, 0.15) is 6.04 Å². The molecule has 1 unspecified atom stereocenters. The maximum atomic E-state index is 12.8. The molecule has 6 heteroatoms. The number of hydrogen-bond donors (Lipinski definition) is 1. The van der Waals surface area contributed by atoms with Crippen LogP contribution in [0.15, 0.2) is 0 Å². The van der Waals surface area contributed by atoms with Gasteiger partial charge in [0.25, 0.3) is 0 Å². The predicted molar refractivity (Wildman–Crippen MR) is 58.3 cm³/mol. The van der Waals surface area contributed by atoms with Gasteiger partial charge in [-0.1, -0.05) is 12.8 Å². The highest BCUT2D eigenvalue weighted by Crippen LogP contribution is 2.29. The van der Waals surface area contributed by atoms with Gasteiger partial charge in [0.2, 0.25) is 5.91 Å². The van der Waals surface area contributed by atoms with E-state index >= 15 is 0 Å². The van der Waals surface area contributed by atoms with Crippen molar-refractivity contribution in [2.24, 2.45) is 5.73 Å². The largest absolute Gasteiger partial charge is 0.408 e. The Morgan fingerprint density at radius 3 is 2.47 bits per heavy atom. The number of carbonyl (C=O) groups is 1. The van der Waals surface area contributed by atoms with Crippen LogP contribution in [0.5, 0.6) is 0 Å². The van der Waals surface area contributed by atoms with Crippen molar-refractivity contribution in [3.05, 3.63) is 0 Å². The van der Waals surface area contributed by atoms with Crippen LogP contribution in [-0.4, -0.2) is 36.1 Å². The molecule has 0 aromatic heterocycles. The molecule has 3 nitrogen and oxygen atoms in total. The molecule has 1 saturated heterocycles. The number of likely N-dealkylation sites (tertiary alicyclic amines) is 1. The minimum absolute atomic E-state index is 0.0616. The lowest BCUT2D eigenvalue weighted by Gasteiger charge is -2.34. The quantitative estimate of drug-likeness (QED) is 0.835. The molecule has 0 aromatic carbocycles. The summed E-state index contributed by atoms with van der Waals surface area (Å²) in [5.74, 6) is -0.388. The molecular formula is C11H19F3N2O. The highest BCUT2D eigenvalue weighted by atomic mass is 19.4. The van der Waals surface area contributed by atoms with Crippen LogP contribution in [0.3, 0.4) is 0 Å². The summed E-state index contributed by atoms with van der Waals surface area (Å²) in [6.45, 7) is 0.136. The summed E-state index contributed by atoms with van der Waals surface area (Å²) in [5, 5.41) is 0. The number of alkyl halides is 3. The highest BCUT2D eigenvalue weighted by Gasteiger charge is 2.44. The average Bonchev–Trinajstić information content (AvgIpc) is 2.21. The van der Waals surface area contributed by atoms with E-state index in [0.717, 1.165) is 17.7 Å². The summed E-state index contributed by atoms with van der Waals surface area (Å²) < 4.78 is 38.5. The zero-order valence-corrected chi connectivity index (χ0v) is 9.80. The van der Waals surface area contributed by atoms with Crippen LogP contribution in [0, 0.1) is 0 Å². The van der Waals surface area contributed by atoms with Crippen molar-refractivity contribution in [3.63, 3.8) is 0 Å². The van der Waals surface area contributed by atoms with E-state index in [1.807, 2.05) is 0 Å². The van der Waals surface area contributed by atoms with Crippen LogP contribution >= 0.6 is 0 Å². The Hall–Kier alpha value is -0.780. The SMILES string of the molecule is NCCC(N1CCCCCCC1=O)C(F)(F)F. The molecule has 0 bridgehead atoms. The maximum Gasteiger partial charge on any atom is 0.408 e. The molecule has 0 spiro atoms. The zero-order chi connectivity index (χ0) is 12.9. The van der Waals surface area contributed by atoms with Gasteiger partial charge < -0.3 is 10.6 Å². The fourth-order valence-electron chi connectivity index (χ4n) is 2.16. The molecule has 0 aromatic rings.